The molecule has 0 atom stereocenters. The van der Waals surface area contributed by atoms with Gasteiger partial charge in [-0.15, -0.1) is 5.10 Å². The van der Waals surface area contributed by atoms with Crippen molar-refractivity contribution in [2.24, 2.45) is 0 Å². The molecule has 6 nitrogen and oxygen atoms in total. The normalized spacial score (nSPS) is 11.1. The third kappa shape index (κ3) is 1.13. The summed E-state index contributed by atoms with van der Waals surface area (Å²) in [5.41, 5.74) is 2.02. The minimum atomic E-state index is 0.558. The number of anilines is 1. The zero-order valence-corrected chi connectivity index (χ0v) is 9.10. The number of rotatable bonds is 1. The highest BCUT2D eigenvalue weighted by Gasteiger charge is 2.12. The molecule has 80 valence electrons. The van der Waals surface area contributed by atoms with Crippen LogP contribution < -0.4 is 5.32 Å². The lowest BCUT2D eigenvalue weighted by Crippen LogP contribution is -2.00. The molecule has 0 saturated carbocycles. The Hall–Kier alpha value is -1.95. The number of para-hydroxylation sites is 1. The minimum Gasteiger partial charge on any atom is -0.370 e. The predicted octanol–water partition coefficient (Wildman–Crippen LogP) is 1.37. The van der Waals surface area contributed by atoms with E-state index in [-0.39, 0.29) is 0 Å². The van der Waals surface area contributed by atoms with Crippen LogP contribution in [-0.4, -0.2) is 32.1 Å². The first kappa shape index (κ1) is 9.29. The molecule has 0 aliphatic carbocycles. The van der Waals surface area contributed by atoms with Crippen molar-refractivity contribution in [3.05, 3.63) is 23.2 Å². The topological polar surface area (TPSA) is 68.0 Å². The molecule has 0 unspecified atom stereocenters. The number of nitrogens with one attached hydrogen (secondary N) is 1. The highest BCUT2D eigenvalue weighted by Crippen LogP contribution is 2.24. The van der Waals surface area contributed by atoms with Gasteiger partial charge in [0.15, 0.2) is 5.82 Å². The molecule has 0 aliphatic heterocycles. The maximum absolute atomic E-state index is 6.11. The second kappa shape index (κ2) is 3.28. The van der Waals surface area contributed by atoms with Gasteiger partial charge in [-0.25, -0.2) is 4.98 Å². The van der Waals surface area contributed by atoms with Crippen LogP contribution in [0.3, 0.4) is 0 Å². The van der Waals surface area contributed by atoms with E-state index in [0.717, 1.165) is 5.52 Å². The van der Waals surface area contributed by atoms with Crippen LogP contribution in [0.5, 0.6) is 0 Å². The van der Waals surface area contributed by atoms with E-state index in [0.29, 0.717) is 22.0 Å². The van der Waals surface area contributed by atoms with Crippen molar-refractivity contribution in [1.29, 1.82) is 0 Å². The molecule has 0 amide bonds. The number of halogens is 1. The first-order valence-corrected chi connectivity index (χ1v) is 5.03. The average Bonchev–Trinajstić information content (AvgIpc) is 2.76. The lowest BCUT2D eigenvalue weighted by molar-refractivity contribution is 0.841. The molecule has 0 radical (unpaired) electrons. The molecule has 16 heavy (non-hydrogen) atoms. The summed E-state index contributed by atoms with van der Waals surface area (Å²) < 4.78 is 1.58. The summed E-state index contributed by atoms with van der Waals surface area (Å²) in [5, 5.41) is 15.0. The van der Waals surface area contributed by atoms with Crippen molar-refractivity contribution >= 4 is 34.1 Å². The van der Waals surface area contributed by atoms with E-state index in [9.17, 15) is 0 Å². The van der Waals surface area contributed by atoms with Crippen molar-refractivity contribution in [2.45, 2.75) is 0 Å². The van der Waals surface area contributed by atoms with Crippen molar-refractivity contribution in [3.63, 3.8) is 0 Å². The second-order valence-electron chi connectivity index (χ2n) is 3.23. The highest BCUT2D eigenvalue weighted by molar-refractivity contribution is 6.35. The smallest absolute Gasteiger partial charge is 0.222 e. The lowest BCUT2D eigenvalue weighted by atomic mass is 10.3. The van der Waals surface area contributed by atoms with Crippen molar-refractivity contribution in [2.75, 3.05) is 12.4 Å². The number of tetrazole rings is 1. The third-order valence-corrected chi connectivity index (χ3v) is 2.63. The highest BCUT2D eigenvalue weighted by atomic mass is 35.5. The Balaban J connectivity index is 2.60. The van der Waals surface area contributed by atoms with Crippen molar-refractivity contribution in [1.82, 2.24) is 25.0 Å². The average molecular weight is 235 g/mol. The number of benzene rings is 1. The quantitative estimate of drug-likeness (QED) is 0.689. The number of nitrogens with zero attached hydrogens (tertiary/aromatic N) is 5. The van der Waals surface area contributed by atoms with E-state index in [1.165, 1.54) is 0 Å². The Bertz CT molecular complexity index is 676. The lowest BCUT2D eigenvalue weighted by Gasteiger charge is -2.05. The van der Waals surface area contributed by atoms with E-state index in [4.69, 9.17) is 11.6 Å². The van der Waals surface area contributed by atoms with Gasteiger partial charge in [0, 0.05) is 7.05 Å². The fourth-order valence-corrected chi connectivity index (χ4v) is 1.88. The van der Waals surface area contributed by atoms with Gasteiger partial charge in [-0.2, -0.15) is 4.52 Å². The Labute approximate surface area is 95.2 Å². The van der Waals surface area contributed by atoms with Crippen molar-refractivity contribution < 1.29 is 0 Å². The van der Waals surface area contributed by atoms with Gasteiger partial charge < -0.3 is 5.32 Å². The second-order valence-corrected chi connectivity index (χ2v) is 3.64. The third-order valence-electron chi connectivity index (χ3n) is 2.33. The van der Waals surface area contributed by atoms with Gasteiger partial charge in [0.2, 0.25) is 5.65 Å². The molecular formula is C9H7ClN6. The summed E-state index contributed by atoms with van der Waals surface area (Å²) in [6, 6.07) is 5.49. The summed E-state index contributed by atoms with van der Waals surface area (Å²) in [4.78, 5) is 4.40. The SMILES string of the molecule is CNc1nc2cccc(Cl)c2n2nnnc12. The van der Waals surface area contributed by atoms with Crippen LogP contribution in [0.2, 0.25) is 5.02 Å². The van der Waals surface area contributed by atoms with Crippen LogP contribution in [0.15, 0.2) is 18.2 Å². The summed E-state index contributed by atoms with van der Waals surface area (Å²) in [6.45, 7) is 0. The van der Waals surface area contributed by atoms with Gasteiger partial charge >= 0.3 is 0 Å². The van der Waals surface area contributed by atoms with Crippen molar-refractivity contribution in [3.8, 4) is 0 Å². The van der Waals surface area contributed by atoms with Gasteiger partial charge in [-0.05, 0) is 22.6 Å². The van der Waals surface area contributed by atoms with Gasteiger partial charge in [-0.1, -0.05) is 17.7 Å². The number of hydrogen-bond acceptors (Lipinski definition) is 5. The summed E-state index contributed by atoms with van der Waals surface area (Å²) in [7, 11) is 1.77. The molecule has 7 heteroatoms. The Morgan fingerprint density at radius 3 is 3.06 bits per heavy atom. The molecule has 0 aliphatic rings. The molecule has 2 heterocycles. The number of hydrogen-bond donors (Lipinski definition) is 1. The van der Waals surface area contributed by atoms with Crippen LogP contribution in [-0.2, 0) is 0 Å². The van der Waals surface area contributed by atoms with E-state index in [1.807, 2.05) is 12.1 Å². The van der Waals surface area contributed by atoms with Crippen LogP contribution in [0.1, 0.15) is 0 Å². The first-order valence-electron chi connectivity index (χ1n) is 4.65. The van der Waals surface area contributed by atoms with E-state index in [2.05, 4.69) is 25.8 Å². The zero-order chi connectivity index (χ0) is 11.1. The maximum atomic E-state index is 6.11. The Morgan fingerprint density at radius 1 is 1.38 bits per heavy atom. The molecule has 3 aromatic rings. The first-order chi connectivity index (χ1) is 7.81. The zero-order valence-electron chi connectivity index (χ0n) is 8.35. The van der Waals surface area contributed by atoms with Crippen LogP contribution in [0.4, 0.5) is 5.82 Å². The van der Waals surface area contributed by atoms with Crippen LogP contribution in [0, 0.1) is 0 Å². The Morgan fingerprint density at radius 2 is 2.25 bits per heavy atom. The van der Waals surface area contributed by atoms with Gasteiger partial charge in [0.1, 0.15) is 5.52 Å². The summed E-state index contributed by atoms with van der Waals surface area (Å²) in [6.07, 6.45) is 0. The maximum Gasteiger partial charge on any atom is 0.222 e. The van der Waals surface area contributed by atoms with Gasteiger partial charge in [0.25, 0.3) is 0 Å². The molecule has 1 aromatic carbocycles. The fourth-order valence-electron chi connectivity index (χ4n) is 1.63. The van der Waals surface area contributed by atoms with E-state index < -0.39 is 0 Å². The van der Waals surface area contributed by atoms with Crippen LogP contribution in [0.25, 0.3) is 16.7 Å². The molecular weight excluding hydrogens is 228 g/mol. The summed E-state index contributed by atoms with van der Waals surface area (Å²) >= 11 is 6.11. The monoisotopic (exact) mass is 234 g/mol. The molecule has 0 fully saturated rings. The molecule has 0 bridgehead atoms. The minimum absolute atomic E-state index is 0.558. The van der Waals surface area contributed by atoms with Crippen LogP contribution >= 0.6 is 11.6 Å². The largest absolute Gasteiger partial charge is 0.370 e. The number of aromatic nitrogens is 5. The van der Waals surface area contributed by atoms with E-state index >= 15 is 0 Å². The van der Waals surface area contributed by atoms with Gasteiger partial charge in [-0.3, -0.25) is 0 Å². The molecule has 1 N–H and O–H groups in total. The molecule has 2 aromatic heterocycles. The molecule has 0 spiro atoms. The predicted molar refractivity (Wildman–Crippen MR) is 60.6 cm³/mol. The fraction of sp³-hybridized carbons (Fsp3) is 0.111. The Kier molecular flexibility index (Phi) is 1.90. The van der Waals surface area contributed by atoms with E-state index in [1.54, 1.807) is 17.6 Å². The summed E-state index contributed by atoms with van der Waals surface area (Å²) in [5.74, 6) is 0.625. The molecule has 0 saturated heterocycles. The molecule has 3 rings (SSSR count). The standard InChI is InChI=1S/C9H7ClN6/c1-11-8-9-13-14-15-16(9)7-5(10)3-2-4-6(7)12-8/h2-4H,1H3,(H,11,12). The van der Waals surface area contributed by atoms with Gasteiger partial charge in [0.05, 0.1) is 10.5 Å². The number of fused-ring (bicyclic) bond motifs is 3.